The van der Waals surface area contributed by atoms with E-state index < -0.39 is 0 Å². The third-order valence-electron chi connectivity index (χ3n) is 5.80. The summed E-state index contributed by atoms with van der Waals surface area (Å²) in [6, 6.07) is 6.00. The van der Waals surface area contributed by atoms with Gasteiger partial charge >= 0.3 is 0 Å². The zero-order valence-electron chi connectivity index (χ0n) is 15.1. The molecule has 2 fully saturated rings. The van der Waals surface area contributed by atoms with Crippen LogP contribution in [0.1, 0.15) is 30.9 Å². The fourth-order valence-corrected chi connectivity index (χ4v) is 4.12. The van der Waals surface area contributed by atoms with Gasteiger partial charge in [-0.05, 0) is 37.5 Å². The van der Waals surface area contributed by atoms with Gasteiger partial charge in [0.25, 0.3) is 0 Å². The monoisotopic (exact) mass is 355 g/mol. The van der Waals surface area contributed by atoms with Gasteiger partial charge < -0.3 is 14.1 Å². The van der Waals surface area contributed by atoms with Crippen molar-refractivity contribution in [2.75, 3.05) is 19.7 Å². The maximum Gasteiger partial charge on any atom is 0.249 e. The van der Waals surface area contributed by atoms with E-state index in [2.05, 4.69) is 16.8 Å². The number of likely N-dealkylation sites (tertiary alicyclic amines) is 1. The van der Waals surface area contributed by atoms with Crippen LogP contribution in [0.5, 0.6) is 0 Å². The highest BCUT2D eigenvalue weighted by Crippen LogP contribution is 2.36. The number of morpholine rings is 1. The number of hydrogen-bond donors (Lipinski definition) is 0. The van der Waals surface area contributed by atoms with Crippen LogP contribution in [0.15, 0.2) is 47.5 Å². The van der Waals surface area contributed by atoms with Crippen molar-refractivity contribution in [2.24, 2.45) is 0 Å². The lowest BCUT2D eigenvalue weighted by Crippen LogP contribution is -2.63. The molecular formula is C20H25N3O3. The smallest absolute Gasteiger partial charge is 0.249 e. The van der Waals surface area contributed by atoms with Gasteiger partial charge in [0.1, 0.15) is 6.61 Å². The Morgan fingerprint density at radius 3 is 2.77 bits per heavy atom. The molecule has 6 nitrogen and oxygen atoms in total. The first-order valence-electron chi connectivity index (χ1n) is 9.22. The molecule has 2 aromatic rings. The molecule has 0 radical (unpaired) electrons. The van der Waals surface area contributed by atoms with Crippen LogP contribution in [-0.2, 0) is 22.6 Å². The molecule has 2 aliphatic heterocycles. The number of aromatic nitrogens is 1. The molecule has 2 saturated heterocycles. The lowest BCUT2D eigenvalue weighted by molar-refractivity contribution is -0.188. The number of rotatable bonds is 4. The summed E-state index contributed by atoms with van der Waals surface area (Å²) in [7, 11) is 0. The number of ether oxygens (including phenoxy) is 1. The van der Waals surface area contributed by atoms with E-state index in [0.29, 0.717) is 6.54 Å². The maximum atomic E-state index is 12.5. The molecule has 0 N–H and O–H groups in total. The van der Waals surface area contributed by atoms with E-state index in [1.807, 2.05) is 29.3 Å². The number of amides is 1. The van der Waals surface area contributed by atoms with Crippen LogP contribution in [0.3, 0.4) is 0 Å². The molecule has 1 spiro atoms. The van der Waals surface area contributed by atoms with Gasteiger partial charge in [0.2, 0.25) is 5.91 Å². The van der Waals surface area contributed by atoms with Crippen LogP contribution < -0.4 is 0 Å². The molecule has 2 aromatic heterocycles. The van der Waals surface area contributed by atoms with Crippen molar-refractivity contribution in [2.45, 2.75) is 44.5 Å². The average molecular weight is 355 g/mol. The first-order valence-corrected chi connectivity index (χ1v) is 9.22. The standard InChI is InChI=1S/C20H25N3O3/c1-16-20(5-8-22(9-6-20)12-18-4-10-25-14-18)26-15-19(24)23(16)13-17-3-2-7-21-11-17/h2-4,7,10-11,14,16H,5-6,8-9,12-13,15H2,1H3/t16-/m0/s1. The third kappa shape index (κ3) is 3.39. The predicted octanol–water partition coefficient (Wildman–Crippen LogP) is 2.46. The number of carbonyl (C=O) groups is 1. The number of pyridine rings is 1. The summed E-state index contributed by atoms with van der Waals surface area (Å²) < 4.78 is 11.3. The fraction of sp³-hybridized carbons (Fsp3) is 0.500. The molecule has 138 valence electrons. The second kappa shape index (κ2) is 7.21. The minimum absolute atomic E-state index is 0.0556. The maximum absolute atomic E-state index is 12.5. The Morgan fingerprint density at radius 2 is 2.08 bits per heavy atom. The van der Waals surface area contributed by atoms with E-state index >= 15 is 0 Å². The van der Waals surface area contributed by atoms with Crippen molar-refractivity contribution in [3.05, 3.63) is 54.2 Å². The van der Waals surface area contributed by atoms with Crippen molar-refractivity contribution in [3.63, 3.8) is 0 Å². The molecule has 2 aliphatic rings. The van der Waals surface area contributed by atoms with Crippen LogP contribution in [0, 0.1) is 0 Å². The van der Waals surface area contributed by atoms with Crippen LogP contribution in [0.25, 0.3) is 0 Å². The number of carbonyl (C=O) groups excluding carboxylic acids is 1. The van der Waals surface area contributed by atoms with Crippen LogP contribution in [-0.4, -0.2) is 52.0 Å². The van der Waals surface area contributed by atoms with Gasteiger partial charge in [-0.15, -0.1) is 0 Å². The highest BCUT2D eigenvalue weighted by atomic mass is 16.5. The van der Waals surface area contributed by atoms with Gasteiger partial charge in [0, 0.05) is 44.1 Å². The van der Waals surface area contributed by atoms with Crippen molar-refractivity contribution in [3.8, 4) is 0 Å². The molecule has 26 heavy (non-hydrogen) atoms. The lowest BCUT2D eigenvalue weighted by Gasteiger charge is -2.51. The minimum Gasteiger partial charge on any atom is -0.472 e. The number of furan rings is 1. The molecule has 0 aliphatic carbocycles. The van der Waals surface area contributed by atoms with Crippen molar-refractivity contribution in [1.82, 2.24) is 14.8 Å². The SMILES string of the molecule is C[C@@H]1N(Cc2cccnc2)C(=O)COC12CCN(Cc1ccoc1)CC2. The van der Waals surface area contributed by atoms with Crippen LogP contribution in [0.2, 0.25) is 0 Å². The Morgan fingerprint density at radius 1 is 1.23 bits per heavy atom. The molecular weight excluding hydrogens is 330 g/mol. The topological polar surface area (TPSA) is 58.8 Å². The van der Waals surface area contributed by atoms with Crippen LogP contribution in [0.4, 0.5) is 0 Å². The molecule has 0 saturated carbocycles. The summed E-state index contributed by atoms with van der Waals surface area (Å²) in [5.74, 6) is 0.0628. The van der Waals surface area contributed by atoms with Gasteiger partial charge in [-0.2, -0.15) is 0 Å². The van der Waals surface area contributed by atoms with Gasteiger partial charge in [-0.25, -0.2) is 0 Å². The zero-order valence-corrected chi connectivity index (χ0v) is 15.1. The highest BCUT2D eigenvalue weighted by Gasteiger charge is 2.47. The molecule has 0 bridgehead atoms. The second-order valence-electron chi connectivity index (χ2n) is 7.32. The molecule has 4 heterocycles. The lowest BCUT2D eigenvalue weighted by atomic mass is 9.82. The van der Waals surface area contributed by atoms with Crippen molar-refractivity contribution < 1.29 is 13.9 Å². The van der Waals surface area contributed by atoms with E-state index in [1.165, 1.54) is 5.56 Å². The van der Waals surface area contributed by atoms with E-state index in [1.54, 1.807) is 18.7 Å². The van der Waals surface area contributed by atoms with E-state index in [9.17, 15) is 4.79 Å². The Hall–Kier alpha value is -2.18. The quantitative estimate of drug-likeness (QED) is 0.843. The summed E-state index contributed by atoms with van der Waals surface area (Å²) in [4.78, 5) is 21.0. The Kier molecular flexibility index (Phi) is 4.78. The van der Waals surface area contributed by atoms with Crippen molar-refractivity contribution >= 4 is 5.91 Å². The molecule has 0 aromatic carbocycles. The van der Waals surface area contributed by atoms with Gasteiger partial charge in [-0.3, -0.25) is 14.7 Å². The summed E-state index contributed by atoms with van der Waals surface area (Å²) >= 11 is 0. The van der Waals surface area contributed by atoms with Gasteiger partial charge in [0.05, 0.1) is 24.2 Å². The Bertz CT molecular complexity index is 724. The van der Waals surface area contributed by atoms with Crippen molar-refractivity contribution in [1.29, 1.82) is 0 Å². The molecule has 1 amide bonds. The summed E-state index contributed by atoms with van der Waals surface area (Å²) in [5, 5.41) is 0. The molecule has 4 rings (SSSR count). The Balaban J connectivity index is 1.42. The third-order valence-corrected chi connectivity index (χ3v) is 5.80. The highest BCUT2D eigenvalue weighted by molar-refractivity contribution is 5.78. The van der Waals surface area contributed by atoms with Gasteiger partial charge in [-0.1, -0.05) is 6.07 Å². The molecule has 6 heteroatoms. The first-order chi connectivity index (χ1) is 12.7. The zero-order chi connectivity index (χ0) is 18.0. The van der Waals surface area contributed by atoms with Gasteiger partial charge in [0.15, 0.2) is 0 Å². The predicted molar refractivity (Wildman–Crippen MR) is 96.2 cm³/mol. The largest absolute Gasteiger partial charge is 0.472 e. The molecule has 1 atom stereocenters. The summed E-state index contributed by atoms with van der Waals surface area (Å²) in [6.45, 7) is 5.72. The van der Waals surface area contributed by atoms with Crippen LogP contribution >= 0.6 is 0 Å². The van der Waals surface area contributed by atoms with E-state index in [-0.39, 0.29) is 24.2 Å². The normalized spacial score (nSPS) is 23.5. The first kappa shape index (κ1) is 17.2. The average Bonchev–Trinajstić information content (AvgIpc) is 3.18. The second-order valence-corrected chi connectivity index (χ2v) is 7.32. The summed E-state index contributed by atoms with van der Waals surface area (Å²) in [6.07, 6.45) is 8.97. The number of nitrogens with zero attached hydrogens (tertiary/aromatic N) is 3. The number of piperidine rings is 1. The van der Waals surface area contributed by atoms with E-state index in [0.717, 1.165) is 38.0 Å². The number of hydrogen-bond acceptors (Lipinski definition) is 5. The minimum atomic E-state index is -0.247. The molecule has 0 unspecified atom stereocenters. The summed E-state index contributed by atoms with van der Waals surface area (Å²) in [5.41, 5.74) is 2.01. The fourth-order valence-electron chi connectivity index (χ4n) is 4.12. The Labute approximate surface area is 153 Å². The van der Waals surface area contributed by atoms with E-state index in [4.69, 9.17) is 9.15 Å².